The lowest BCUT2D eigenvalue weighted by Gasteiger charge is -2.32. The van der Waals surface area contributed by atoms with Crippen LogP contribution in [0.2, 0.25) is 0 Å². The molecular weight excluding hydrogens is 202 g/mol. The number of likely N-dealkylation sites (N-methyl/N-ethyl adjacent to an activating group) is 1. The van der Waals surface area contributed by atoms with Gasteiger partial charge in [-0.2, -0.15) is 0 Å². The Labute approximate surface area is 97.8 Å². The predicted molar refractivity (Wildman–Crippen MR) is 64.3 cm³/mol. The number of hydrogen-bond acceptors (Lipinski definition) is 3. The molecule has 16 heavy (non-hydrogen) atoms. The summed E-state index contributed by atoms with van der Waals surface area (Å²) in [5.41, 5.74) is 0. The predicted octanol–water partition coefficient (Wildman–Crippen LogP) is 0.339. The number of nitrogens with zero attached hydrogens (tertiary/aromatic N) is 1. The van der Waals surface area contributed by atoms with Crippen molar-refractivity contribution in [1.82, 2.24) is 15.5 Å². The molecule has 0 bridgehead atoms. The van der Waals surface area contributed by atoms with E-state index in [1.54, 1.807) is 0 Å². The highest BCUT2D eigenvalue weighted by atomic mass is 16.2. The van der Waals surface area contributed by atoms with Gasteiger partial charge in [-0.25, -0.2) is 0 Å². The molecule has 0 aliphatic carbocycles. The van der Waals surface area contributed by atoms with Gasteiger partial charge in [0.2, 0.25) is 5.91 Å². The molecule has 4 heteroatoms. The second kappa shape index (κ2) is 5.64. The number of amides is 1. The van der Waals surface area contributed by atoms with Gasteiger partial charge in [-0.3, -0.25) is 4.79 Å². The van der Waals surface area contributed by atoms with Crippen molar-refractivity contribution in [3.63, 3.8) is 0 Å². The molecule has 1 unspecified atom stereocenters. The first kappa shape index (κ1) is 11.9. The van der Waals surface area contributed by atoms with Crippen LogP contribution >= 0.6 is 0 Å². The molecule has 0 saturated carbocycles. The third-order valence-corrected chi connectivity index (χ3v) is 3.81. The maximum absolute atomic E-state index is 11.8. The molecule has 1 amide bonds. The van der Waals surface area contributed by atoms with Gasteiger partial charge in [-0.05, 0) is 45.8 Å². The molecule has 92 valence electrons. The van der Waals surface area contributed by atoms with E-state index in [-0.39, 0.29) is 11.9 Å². The van der Waals surface area contributed by atoms with Gasteiger partial charge in [0, 0.05) is 12.6 Å². The van der Waals surface area contributed by atoms with Crippen LogP contribution in [0.1, 0.15) is 32.1 Å². The van der Waals surface area contributed by atoms with E-state index >= 15 is 0 Å². The zero-order valence-electron chi connectivity index (χ0n) is 10.2. The Hall–Kier alpha value is -0.610. The number of carbonyl (C=O) groups excluding carboxylic acids is 1. The summed E-state index contributed by atoms with van der Waals surface area (Å²) in [5, 5.41) is 6.31. The van der Waals surface area contributed by atoms with Crippen molar-refractivity contribution in [3.8, 4) is 0 Å². The second-order valence-electron chi connectivity index (χ2n) is 5.02. The molecule has 2 fully saturated rings. The summed E-state index contributed by atoms with van der Waals surface area (Å²) in [5.74, 6) is 0.191. The first-order valence-corrected chi connectivity index (χ1v) is 6.48. The summed E-state index contributed by atoms with van der Waals surface area (Å²) < 4.78 is 0. The first-order chi connectivity index (χ1) is 7.77. The van der Waals surface area contributed by atoms with Crippen LogP contribution in [0.3, 0.4) is 0 Å². The molecule has 0 aromatic heterocycles. The van der Waals surface area contributed by atoms with E-state index in [1.165, 1.54) is 25.8 Å². The van der Waals surface area contributed by atoms with Crippen LogP contribution in [0.5, 0.6) is 0 Å². The Morgan fingerprint density at radius 1 is 1.38 bits per heavy atom. The SMILES string of the molecule is CN1CCCCC1CNC(=O)[C@H]1CCCN1. The number of nitrogens with one attached hydrogen (secondary N) is 2. The highest BCUT2D eigenvalue weighted by Gasteiger charge is 2.24. The number of rotatable bonds is 3. The largest absolute Gasteiger partial charge is 0.353 e. The van der Waals surface area contributed by atoms with E-state index < -0.39 is 0 Å². The molecule has 0 radical (unpaired) electrons. The lowest BCUT2D eigenvalue weighted by molar-refractivity contribution is -0.123. The molecule has 0 aromatic rings. The Kier molecular flexibility index (Phi) is 4.18. The van der Waals surface area contributed by atoms with E-state index in [0.717, 1.165) is 25.9 Å². The van der Waals surface area contributed by atoms with Crippen LogP contribution in [-0.2, 0) is 4.79 Å². The molecule has 4 nitrogen and oxygen atoms in total. The van der Waals surface area contributed by atoms with Crippen molar-refractivity contribution in [2.75, 3.05) is 26.7 Å². The quantitative estimate of drug-likeness (QED) is 0.728. The van der Waals surface area contributed by atoms with Gasteiger partial charge in [-0.1, -0.05) is 6.42 Å². The summed E-state index contributed by atoms with van der Waals surface area (Å²) >= 11 is 0. The minimum atomic E-state index is 0.0638. The normalized spacial score (nSPS) is 31.6. The lowest BCUT2D eigenvalue weighted by Crippen LogP contribution is -2.48. The van der Waals surface area contributed by atoms with Gasteiger partial charge >= 0.3 is 0 Å². The monoisotopic (exact) mass is 225 g/mol. The molecule has 2 saturated heterocycles. The summed E-state index contributed by atoms with van der Waals surface area (Å²) in [7, 11) is 2.16. The molecule has 2 aliphatic heterocycles. The van der Waals surface area contributed by atoms with Crippen LogP contribution < -0.4 is 10.6 Å². The van der Waals surface area contributed by atoms with Crippen LogP contribution in [0.4, 0.5) is 0 Å². The average molecular weight is 225 g/mol. The smallest absolute Gasteiger partial charge is 0.237 e. The average Bonchev–Trinajstić information content (AvgIpc) is 2.81. The third kappa shape index (κ3) is 2.95. The fraction of sp³-hybridized carbons (Fsp3) is 0.917. The van der Waals surface area contributed by atoms with Gasteiger partial charge in [-0.15, -0.1) is 0 Å². The van der Waals surface area contributed by atoms with E-state index in [0.29, 0.717) is 6.04 Å². The minimum absolute atomic E-state index is 0.0638. The lowest BCUT2D eigenvalue weighted by atomic mass is 10.0. The summed E-state index contributed by atoms with van der Waals surface area (Å²) in [4.78, 5) is 14.2. The van der Waals surface area contributed by atoms with Crippen molar-refractivity contribution < 1.29 is 4.79 Å². The Bertz CT molecular complexity index is 238. The van der Waals surface area contributed by atoms with Crippen molar-refractivity contribution in [2.24, 2.45) is 0 Å². The minimum Gasteiger partial charge on any atom is -0.353 e. The maximum atomic E-state index is 11.8. The Morgan fingerprint density at radius 2 is 2.25 bits per heavy atom. The fourth-order valence-electron chi connectivity index (χ4n) is 2.65. The van der Waals surface area contributed by atoms with E-state index in [1.807, 2.05) is 0 Å². The van der Waals surface area contributed by atoms with E-state index in [2.05, 4.69) is 22.6 Å². The summed E-state index contributed by atoms with van der Waals surface area (Å²) in [6.07, 6.45) is 5.93. The molecule has 2 heterocycles. The third-order valence-electron chi connectivity index (χ3n) is 3.81. The van der Waals surface area contributed by atoms with Gasteiger partial charge in [0.15, 0.2) is 0 Å². The van der Waals surface area contributed by atoms with E-state index in [9.17, 15) is 4.79 Å². The molecular formula is C12H23N3O. The topological polar surface area (TPSA) is 44.4 Å². The van der Waals surface area contributed by atoms with Gasteiger partial charge in [0.25, 0.3) is 0 Å². The highest BCUT2D eigenvalue weighted by Crippen LogP contribution is 2.14. The summed E-state index contributed by atoms with van der Waals surface area (Å²) in [6.45, 7) is 2.97. The Balaban J connectivity index is 1.71. The molecule has 2 atom stereocenters. The van der Waals surface area contributed by atoms with Crippen LogP contribution in [0, 0.1) is 0 Å². The first-order valence-electron chi connectivity index (χ1n) is 6.48. The standard InChI is InChI=1S/C12H23N3O/c1-15-8-3-2-5-10(15)9-14-12(16)11-6-4-7-13-11/h10-11,13H,2-9H2,1H3,(H,14,16)/t10?,11-/m1/s1. The van der Waals surface area contributed by atoms with Crippen LogP contribution in [0.15, 0.2) is 0 Å². The molecule has 2 rings (SSSR count). The van der Waals surface area contributed by atoms with Gasteiger partial charge in [0.05, 0.1) is 6.04 Å². The number of carbonyl (C=O) groups is 1. The number of likely N-dealkylation sites (tertiary alicyclic amines) is 1. The molecule has 2 aliphatic rings. The van der Waals surface area contributed by atoms with Gasteiger partial charge in [0.1, 0.15) is 0 Å². The van der Waals surface area contributed by atoms with E-state index in [4.69, 9.17) is 0 Å². The van der Waals surface area contributed by atoms with Crippen molar-refractivity contribution in [1.29, 1.82) is 0 Å². The number of hydrogen-bond donors (Lipinski definition) is 2. The Morgan fingerprint density at radius 3 is 2.94 bits per heavy atom. The maximum Gasteiger partial charge on any atom is 0.237 e. The fourth-order valence-corrected chi connectivity index (χ4v) is 2.65. The highest BCUT2D eigenvalue weighted by molar-refractivity contribution is 5.82. The van der Waals surface area contributed by atoms with Crippen molar-refractivity contribution in [3.05, 3.63) is 0 Å². The molecule has 2 N–H and O–H groups in total. The van der Waals surface area contributed by atoms with Crippen LogP contribution in [-0.4, -0.2) is 49.6 Å². The van der Waals surface area contributed by atoms with Crippen molar-refractivity contribution >= 4 is 5.91 Å². The van der Waals surface area contributed by atoms with Crippen LogP contribution in [0.25, 0.3) is 0 Å². The van der Waals surface area contributed by atoms with Gasteiger partial charge < -0.3 is 15.5 Å². The molecule has 0 aromatic carbocycles. The molecule has 0 spiro atoms. The zero-order chi connectivity index (χ0) is 11.4. The number of piperidine rings is 1. The summed E-state index contributed by atoms with van der Waals surface area (Å²) in [6, 6.07) is 0.605. The second-order valence-corrected chi connectivity index (χ2v) is 5.02. The van der Waals surface area contributed by atoms with Crippen molar-refractivity contribution in [2.45, 2.75) is 44.2 Å². The zero-order valence-corrected chi connectivity index (χ0v) is 10.2.